The summed E-state index contributed by atoms with van der Waals surface area (Å²) in [6, 6.07) is 0. The fourth-order valence-corrected chi connectivity index (χ4v) is 3.31. The van der Waals surface area contributed by atoms with Crippen LogP contribution in [0.2, 0.25) is 0 Å². The van der Waals surface area contributed by atoms with Crippen LogP contribution in [0.25, 0.3) is 0 Å². The molecule has 1 unspecified atom stereocenters. The number of rotatable bonds is 3. The lowest BCUT2D eigenvalue weighted by Crippen LogP contribution is -2.23. The Morgan fingerprint density at radius 1 is 1.38 bits per heavy atom. The topological polar surface area (TPSA) is 104 Å². The summed E-state index contributed by atoms with van der Waals surface area (Å²) in [6.07, 6.45) is 0.382. The largest absolute Gasteiger partial charge is 0.443 e. The average Bonchev–Trinajstić information content (AvgIpc) is 2.75. The highest BCUT2D eigenvalue weighted by Crippen LogP contribution is 2.30. The van der Waals surface area contributed by atoms with Crippen LogP contribution in [0.15, 0.2) is 14.8 Å². The van der Waals surface area contributed by atoms with Crippen molar-refractivity contribution in [2.24, 2.45) is 9.50 Å². The molecule has 0 saturated carbocycles. The second-order valence-corrected chi connectivity index (χ2v) is 8.89. The van der Waals surface area contributed by atoms with E-state index in [1.165, 1.54) is 6.20 Å². The van der Waals surface area contributed by atoms with Crippen molar-refractivity contribution in [3.63, 3.8) is 0 Å². The predicted molar refractivity (Wildman–Crippen MR) is 81.4 cm³/mol. The number of carbonyl (C=O) groups excluding carboxylic acids is 1. The van der Waals surface area contributed by atoms with Gasteiger partial charge < -0.3 is 9.47 Å². The molecule has 1 atom stereocenters. The predicted octanol–water partition coefficient (Wildman–Crippen LogP) is 2.66. The molecule has 0 aliphatic carbocycles. The number of carbonyl (C=O) groups is 1. The SMILES string of the molecule is COC(C)(C)c1ncc(S(N)(=O)=NC(=O)OC(C)(C)C)s1. The van der Waals surface area contributed by atoms with Gasteiger partial charge in [0.05, 0.1) is 6.20 Å². The smallest absolute Gasteiger partial charge is 0.442 e. The third kappa shape index (κ3) is 5.03. The minimum absolute atomic E-state index is 0.202. The summed E-state index contributed by atoms with van der Waals surface area (Å²) in [5.74, 6) is 0. The Labute approximate surface area is 129 Å². The molecule has 2 N–H and O–H groups in total. The summed E-state index contributed by atoms with van der Waals surface area (Å²) in [6.45, 7) is 8.69. The van der Waals surface area contributed by atoms with Crippen LogP contribution in [0, 0.1) is 0 Å². The van der Waals surface area contributed by atoms with Crippen LogP contribution in [-0.2, 0) is 25.0 Å². The van der Waals surface area contributed by atoms with Gasteiger partial charge in [-0.1, -0.05) is 0 Å². The fraction of sp³-hybridized carbons (Fsp3) is 0.667. The number of thiazole rings is 1. The molecule has 120 valence electrons. The summed E-state index contributed by atoms with van der Waals surface area (Å²) < 4.78 is 26.3. The minimum atomic E-state index is -3.38. The first-order chi connectivity index (χ1) is 9.37. The lowest BCUT2D eigenvalue weighted by molar-refractivity contribution is 0.0190. The van der Waals surface area contributed by atoms with E-state index in [-0.39, 0.29) is 4.21 Å². The van der Waals surface area contributed by atoms with E-state index < -0.39 is 27.2 Å². The summed E-state index contributed by atoms with van der Waals surface area (Å²) in [5, 5.41) is 6.24. The van der Waals surface area contributed by atoms with Crippen molar-refractivity contribution in [1.82, 2.24) is 4.98 Å². The minimum Gasteiger partial charge on any atom is -0.442 e. The number of nitrogens with zero attached hydrogens (tertiary/aromatic N) is 2. The van der Waals surface area contributed by atoms with E-state index in [0.29, 0.717) is 5.01 Å². The van der Waals surface area contributed by atoms with E-state index in [1.54, 1.807) is 27.9 Å². The lowest BCUT2D eigenvalue weighted by Gasteiger charge is -2.19. The van der Waals surface area contributed by atoms with Crippen LogP contribution in [0.5, 0.6) is 0 Å². The van der Waals surface area contributed by atoms with Crippen molar-refractivity contribution in [1.29, 1.82) is 0 Å². The molecule has 0 spiro atoms. The van der Waals surface area contributed by atoms with E-state index in [9.17, 15) is 9.00 Å². The van der Waals surface area contributed by atoms with Gasteiger partial charge >= 0.3 is 6.09 Å². The molecule has 9 heteroatoms. The van der Waals surface area contributed by atoms with Crippen LogP contribution in [0.4, 0.5) is 4.79 Å². The van der Waals surface area contributed by atoms with Crippen molar-refractivity contribution >= 4 is 27.3 Å². The van der Waals surface area contributed by atoms with Gasteiger partial charge in [0.2, 0.25) is 0 Å². The number of aromatic nitrogens is 1. The molecule has 0 bridgehead atoms. The van der Waals surface area contributed by atoms with Crippen LogP contribution in [0.3, 0.4) is 0 Å². The van der Waals surface area contributed by atoms with Gasteiger partial charge in [-0.05, 0) is 34.6 Å². The molecular formula is C12H21N3O4S2. The molecule has 7 nitrogen and oxygen atoms in total. The van der Waals surface area contributed by atoms with Gasteiger partial charge in [-0.15, -0.1) is 15.7 Å². The van der Waals surface area contributed by atoms with E-state index in [0.717, 1.165) is 11.3 Å². The number of hydrogen-bond acceptors (Lipinski definition) is 6. The van der Waals surface area contributed by atoms with Crippen molar-refractivity contribution in [3.05, 3.63) is 11.2 Å². The molecule has 1 rings (SSSR count). The second kappa shape index (κ2) is 5.99. The van der Waals surface area contributed by atoms with Gasteiger partial charge in [0.1, 0.15) is 20.4 Å². The third-order valence-electron chi connectivity index (χ3n) is 2.40. The molecule has 21 heavy (non-hydrogen) atoms. The van der Waals surface area contributed by atoms with Crippen molar-refractivity contribution < 1.29 is 18.5 Å². The van der Waals surface area contributed by atoms with E-state index in [4.69, 9.17) is 14.6 Å². The highest BCUT2D eigenvalue weighted by atomic mass is 32.2. The van der Waals surface area contributed by atoms with Crippen LogP contribution in [0.1, 0.15) is 39.6 Å². The number of nitrogens with two attached hydrogens (primary N) is 1. The Hall–Kier alpha value is -1.03. The third-order valence-corrected chi connectivity index (χ3v) is 5.57. The Morgan fingerprint density at radius 3 is 2.43 bits per heavy atom. The summed E-state index contributed by atoms with van der Waals surface area (Å²) in [4.78, 5) is 15.7. The summed E-state index contributed by atoms with van der Waals surface area (Å²) in [7, 11) is -1.83. The van der Waals surface area contributed by atoms with Crippen LogP contribution < -0.4 is 5.14 Å². The van der Waals surface area contributed by atoms with Gasteiger partial charge in [-0.3, -0.25) is 0 Å². The standard InChI is InChI=1S/C12H21N3O4S2/c1-11(2,3)19-10(16)15-21(13,17)8-7-14-9(20-8)12(4,5)18-6/h7H,1-6H3,(H2,13,15,16,17). The summed E-state index contributed by atoms with van der Waals surface area (Å²) >= 11 is 1.09. The first-order valence-electron chi connectivity index (χ1n) is 6.17. The van der Waals surface area contributed by atoms with Crippen LogP contribution >= 0.6 is 11.3 Å². The highest BCUT2D eigenvalue weighted by molar-refractivity contribution is 7.93. The molecule has 0 aromatic carbocycles. The van der Waals surface area contributed by atoms with E-state index >= 15 is 0 Å². The molecule has 0 saturated heterocycles. The maximum Gasteiger partial charge on any atom is 0.443 e. The zero-order valence-electron chi connectivity index (χ0n) is 13.0. The molecule has 0 radical (unpaired) electrons. The molecule has 0 aliphatic heterocycles. The van der Waals surface area contributed by atoms with Crippen molar-refractivity contribution in [2.75, 3.05) is 7.11 Å². The van der Waals surface area contributed by atoms with E-state index in [1.807, 2.05) is 13.8 Å². The second-order valence-electron chi connectivity index (χ2n) is 5.84. The molecule has 1 aromatic rings. The average molecular weight is 335 g/mol. The number of methoxy groups -OCH3 is 1. The molecule has 1 heterocycles. The van der Waals surface area contributed by atoms with Crippen LogP contribution in [-0.4, -0.2) is 28.0 Å². The van der Waals surface area contributed by atoms with Gasteiger partial charge in [0.15, 0.2) is 9.92 Å². The molecule has 0 fully saturated rings. The monoisotopic (exact) mass is 335 g/mol. The molecule has 0 aliphatic rings. The Kier molecular flexibility index (Phi) is 5.14. The number of hydrogen-bond donors (Lipinski definition) is 1. The number of ether oxygens (including phenoxy) is 2. The molecule has 1 amide bonds. The van der Waals surface area contributed by atoms with Gasteiger partial charge in [0, 0.05) is 7.11 Å². The maximum atomic E-state index is 12.4. The Bertz CT molecular complexity index is 637. The van der Waals surface area contributed by atoms with Gasteiger partial charge in [-0.25, -0.2) is 19.1 Å². The van der Waals surface area contributed by atoms with E-state index in [2.05, 4.69) is 9.35 Å². The summed E-state index contributed by atoms with van der Waals surface area (Å²) in [5.41, 5.74) is -1.36. The normalized spacial score (nSPS) is 15.4. The highest BCUT2D eigenvalue weighted by Gasteiger charge is 2.26. The maximum absolute atomic E-state index is 12.4. The van der Waals surface area contributed by atoms with Gasteiger partial charge in [-0.2, -0.15) is 0 Å². The zero-order chi connectivity index (χ0) is 16.5. The Morgan fingerprint density at radius 2 is 1.95 bits per heavy atom. The fourth-order valence-electron chi connectivity index (χ4n) is 1.20. The first-order valence-corrected chi connectivity index (χ1v) is 8.56. The number of amides is 1. The molecular weight excluding hydrogens is 314 g/mol. The molecule has 1 aromatic heterocycles. The van der Waals surface area contributed by atoms with Crippen molar-refractivity contribution in [3.8, 4) is 0 Å². The van der Waals surface area contributed by atoms with Gasteiger partial charge in [0.25, 0.3) is 0 Å². The quantitative estimate of drug-likeness (QED) is 0.914. The van der Waals surface area contributed by atoms with Crippen molar-refractivity contribution in [2.45, 2.75) is 50.0 Å². The Balaban J connectivity index is 3.09. The zero-order valence-corrected chi connectivity index (χ0v) is 14.6. The lowest BCUT2D eigenvalue weighted by atomic mass is 10.1. The first kappa shape index (κ1) is 18.0.